The summed E-state index contributed by atoms with van der Waals surface area (Å²) in [5, 5.41) is 0. The molecule has 0 aliphatic heterocycles. The van der Waals surface area contributed by atoms with Crippen LogP contribution in [-0.2, 0) is 11.2 Å². The second-order valence-corrected chi connectivity index (χ2v) is 6.75. The first-order valence-corrected chi connectivity index (χ1v) is 8.20. The van der Waals surface area contributed by atoms with Crippen molar-refractivity contribution in [2.75, 3.05) is 0 Å². The quantitative estimate of drug-likeness (QED) is 0.608. The molecule has 22 heavy (non-hydrogen) atoms. The smallest absolute Gasteiger partial charge is 0.130 e. The number of benzene rings is 1. The topological polar surface area (TPSA) is 30.0 Å². The largest absolute Gasteiger partial charge is 0.300 e. The van der Waals surface area contributed by atoms with E-state index in [4.69, 9.17) is 0 Å². The van der Waals surface area contributed by atoms with Crippen LogP contribution in [0.4, 0.5) is 8.78 Å². The van der Waals surface area contributed by atoms with Crippen LogP contribution in [0.5, 0.6) is 0 Å². The Morgan fingerprint density at radius 1 is 1.18 bits per heavy atom. The highest BCUT2D eigenvalue weighted by molar-refractivity contribution is 9.11. The van der Waals surface area contributed by atoms with Gasteiger partial charge in [-0.25, -0.2) is 13.8 Å². The van der Waals surface area contributed by atoms with Crippen LogP contribution in [0.25, 0.3) is 0 Å². The Kier molecular flexibility index (Phi) is 5.81. The summed E-state index contributed by atoms with van der Waals surface area (Å²) < 4.78 is 28.1. The van der Waals surface area contributed by atoms with Gasteiger partial charge in [-0.05, 0) is 75.0 Å². The third kappa shape index (κ3) is 4.68. The number of carbonyl (C=O) groups is 1. The lowest BCUT2D eigenvalue weighted by Crippen LogP contribution is -2.11. The van der Waals surface area contributed by atoms with Crippen LogP contribution in [0, 0.1) is 11.6 Å². The van der Waals surface area contributed by atoms with Gasteiger partial charge in [0.2, 0.25) is 0 Å². The van der Waals surface area contributed by atoms with Crippen LogP contribution in [0.1, 0.15) is 30.5 Å². The highest BCUT2D eigenvalue weighted by Crippen LogP contribution is 2.31. The Morgan fingerprint density at radius 2 is 1.82 bits per heavy atom. The number of rotatable bonds is 5. The van der Waals surface area contributed by atoms with Crippen LogP contribution < -0.4 is 0 Å². The molecule has 0 bridgehead atoms. The van der Waals surface area contributed by atoms with Crippen LogP contribution >= 0.6 is 31.9 Å². The SMILES string of the molecule is CC(=O)C[C@@H](Cc1cc(F)cc(F)c1)c1nc(Br)ccc1Br. The van der Waals surface area contributed by atoms with Crippen LogP contribution in [0.3, 0.4) is 0 Å². The van der Waals surface area contributed by atoms with E-state index in [0.717, 1.165) is 10.5 Å². The van der Waals surface area contributed by atoms with Gasteiger partial charge in [0.1, 0.15) is 22.0 Å². The van der Waals surface area contributed by atoms with E-state index in [9.17, 15) is 13.6 Å². The maximum Gasteiger partial charge on any atom is 0.130 e. The number of nitrogens with zero attached hydrogens (tertiary/aromatic N) is 1. The van der Waals surface area contributed by atoms with Crippen molar-refractivity contribution >= 4 is 37.6 Å². The minimum absolute atomic E-state index is 0.00412. The van der Waals surface area contributed by atoms with Crippen molar-refractivity contribution < 1.29 is 13.6 Å². The molecule has 116 valence electrons. The predicted octanol–water partition coefficient (Wildman–Crippen LogP) is 5.19. The fourth-order valence-corrected chi connectivity index (χ4v) is 3.21. The van der Waals surface area contributed by atoms with Gasteiger partial charge < -0.3 is 4.79 Å². The molecule has 0 saturated heterocycles. The molecule has 0 radical (unpaired) electrons. The van der Waals surface area contributed by atoms with Gasteiger partial charge in [-0.2, -0.15) is 0 Å². The molecule has 0 fully saturated rings. The summed E-state index contributed by atoms with van der Waals surface area (Å²) in [6.45, 7) is 1.49. The zero-order valence-electron chi connectivity index (χ0n) is 11.7. The minimum atomic E-state index is -0.627. The van der Waals surface area contributed by atoms with Gasteiger partial charge in [0.05, 0.1) is 5.69 Å². The number of carbonyl (C=O) groups excluding carboxylic acids is 1. The van der Waals surface area contributed by atoms with Gasteiger partial charge in [-0.3, -0.25) is 0 Å². The summed E-state index contributed by atoms with van der Waals surface area (Å²) in [6.07, 6.45) is 0.580. The van der Waals surface area contributed by atoms with Crippen molar-refractivity contribution in [3.05, 3.63) is 62.3 Å². The summed E-state index contributed by atoms with van der Waals surface area (Å²) in [4.78, 5) is 15.9. The van der Waals surface area contributed by atoms with E-state index >= 15 is 0 Å². The van der Waals surface area contributed by atoms with Crippen molar-refractivity contribution in [3.63, 3.8) is 0 Å². The molecule has 0 spiro atoms. The molecule has 1 aromatic heterocycles. The Hall–Kier alpha value is -1.14. The number of pyridine rings is 1. The second kappa shape index (κ2) is 7.42. The first-order valence-electron chi connectivity index (χ1n) is 6.61. The first kappa shape index (κ1) is 17.2. The summed E-state index contributed by atoms with van der Waals surface area (Å²) in [5.41, 5.74) is 1.19. The Balaban J connectivity index is 2.37. The third-order valence-corrected chi connectivity index (χ3v) is 4.28. The van der Waals surface area contributed by atoms with Crippen molar-refractivity contribution in [3.8, 4) is 0 Å². The molecule has 1 atom stereocenters. The molecular weight excluding hydrogens is 420 g/mol. The second-order valence-electron chi connectivity index (χ2n) is 5.09. The molecule has 0 amide bonds. The summed E-state index contributed by atoms with van der Waals surface area (Å²) >= 11 is 6.72. The third-order valence-electron chi connectivity index (χ3n) is 3.16. The lowest BCUT2D eigenvalue weighted by atomic mass is 9.91. The van der Waals surface area contributed by atoms with Crippen molar-refractivity contribution in [2.24, 2.45) is 0 Å². The number of aromatic nitrogens is 1. The number of Topliss-reactive ketones (excluding diaryl/α,β-unsaturated/α-hetero) is 1. The molecule has 0 saturated carbocycles. The van der Waals surface area contributed by atoms with Gasteiger partial charge in [0.15, 0.2) is 0 Å². The van der Waals surface area contributed by atoms with Gasteiger partial charge in [0, 0.05) is 22.9 Å². The average Bonchev–Trinajstić information content (AvgIpc) is 2.39. The normalized spacial score (nSPS) is 12.2. The highest BCUT2D eigenvalue weighted by atomic mass is 79.9. The van der Waals surface area contributed by atoms with E-state index < -0.39 is 11.6 Å². The van der Waals surface area contributed by atoms with E-state index in [2.05, 4.69) is 36.8 Å². The molecule has 2 rings (SSSR count). The van der Waals surface area contributed by atoms with Gasteiger partial charge in [-0.1, -0.05) is 0 Å². The van der Waals surface area contributed by atoms with Crippen LogP contribution in [0.2, 0.25) is 0 Å². The van der Waals surface area contributed by atoms with E-state index in [1.165, 1.54) is 19.1 Å². The van der Waals surface area contributed by atoms with Crippen molar-refractivity contribution in [1.82, 2.24) is 4.98 Å². The van der Waals surface area contributed by atoms with Crippen molar-refractivity contribution in [2.45, 2.75) is 25.7 Å². The molecule has 6 heteroatoms. The first-order chi connectivity index (χ1) is 10.3. The molecule has 2 aromatic rings. The van der Waals surface area contributed by atoms with Crippen LogP contribution in [-0.4, -0.2) is 10.8 Å². The monoisotopic (exact) mass is 431 g/mol. The lowest BCUT2D eigenvalue weighted by molar-refractivity contribution is -0.117. The standard InChI is InChI=1S/C16H13Br2F2NO/c1-9(22)4-11(16-14(17)2-3-15(18)21-16)5-10-6-12(19)8-13(20)7-10/h2-3,6-8,11H,4-5H2,1H3/t11-/m0/s1. The molecular formula is C16H13Br2F2NO. The number of hydrogen-bond donors (Lipinski definition) is 0. The maximum atomic E-state index is 13.3. The number of ketones is 1. The number of halogens is 4. The molecule has 1 aromatic carbocycles. The summed E-state index contributed by atoms with van der Waals surface area (Å²) in [5.74, 6) is -1.52. The molecule has 2 nitrogen and oxygen atoms in total. The molecule has 0 aliphatic rings. The van der Waals surface area contributed by atoms with E-state index in [1.807, 2.05) is 6.07 Å². The predicted molar refractivity (Wildman–Crippen MR) is 87.7 cm³/mol. The maximum absolute atomic E-state index is 13.3. The minimum Gasteiger partial charge on any atom is -0.300 e. The van der Waals surface area contributed by atoms with E-state index in [-0.39, 0.29) is 18.1 Å². The van der Waals surface area contributed by atoms with E-state index in [1.54, 1.807) is 6.07 Å². The fraction of sp³-hybridized carbons (Fsp3) is 0.250. The van der Waals surface area contributed by atoms with Gasteiger partial charge >= 0.3 is 0 Å². The van der Waals surface area contributed by atoms with Gasteiger partial charge in [-0.15, -0.1) is 0 Å². The molecule has 0 unspecified atom stereocenters. The lowest BCUT2D eigenvalue weighted by Gasteiger charge is -2.17. The van der Waals surface area contributed by atoms with Crippen molar-refractivity contribution in [1.29, 1.82) is 0 Å². The zero-order valence-corrected chi connectivity index (χ0v) is 14.9. The average molecular weight is 433 g/mol. The zero-order chi connectivity index (χ0) is 16.3. The summed E-state index contributed by atoms with van der Waals surface area (Å²) in [6, 6.07) is 6.99. The molecule has 0 N–H and O–H groups in total. The molecule has 1 heterocycles. The Labute approximate surface area is 144 Å². The summed E-state index contributed by atoms with van der Waals surface area (Å²) in [7, 11) is 0. The van der Waals surface area contributed by atoms with Gasteiger partial charge in [0.25, 0.3) is 0 Å². The van der Waals surface area contributed by atoms with Crippen LogP contribution in [0.15, 0.2) is 39.4 Å². The Bertz CT molecular complexity index is 686. The van der Waals surface area contributed by atoms with E-state index in [0.29, 0.717) is 22.3 Å². The number of hydrogen-bond acceptors (Lipinski definition) is 2. The fourth-order valence-electron chi connectivity index (χ4n) is 2.35. The molecule has 0 aliphatic carbocycles. The highest BCUT2D eigenvalue weighted by Gasteiger charge is 2.20. The Morgan fingerprint density at radius 3 is 2.41 bits per heavy atom.